The number of carbonyl (C=O) groups is 2. The Kier molecular flexibility index (Phi) is 7.15. The van der Waals surface area contributed by atoms with Gasteiger partial charge in [0.05, 0.1) is 0 Å². The first-order chi connectivity index (χ1) is 7.61. The molecule has 1 aromatic rings. The van der Waals surface area contributed by atoms with Crippen molar-refractivity contribution in [3.8, 4) is 5.75 Å². The molecule has 0 aromatic heterocycles. The summed E-state index contributed by atoms with van der Waals surface area (Å²) >= 11 is 0. The molecule has 4 heteroatoms. The average Bonchev–Trinajstić information content (AvgIpc) is 2.28. The molecule has 0 aliphatic carbocycles. The third-order valence-electron chi connectivity index (χ3n) is 1.63. The number of aromatic hydroxyl groups is 1. The van der Waals surface area contributed by atoms with E-state index >= 15 is 0 Å². The summed E-state index contributed by atoms with van der Waals surface area (Å²) < 4.78 is 0. The predicted octanol–water partition coefficient (Wildman–Crippen LogP) is 1.40. The number of phenols is 1. The molecule has 16 heavy (non-hydrogen) atoms. The Morgan fingerprint density at radius 1 is 1.00 bits per heavy atom. The van der Waals surface area contributed by atoms with Crippen molar-refractivity contribution in [1.29, 1.82) is 0 Å². The molecule has 1 N–H and O–H groups in total. The molecule has 0 amide bonds. The van der Waals surface area contributed by atoms with Gasteiger partial charge in [0.15, 0.2) is 0 Å². The van der Waals surface area contributed by atoms with Crippen LogP contribution in [0.2, 0.25) is 0 Å². The van der Waals surface area contributed by atoms with Gasteiger partial charge in [-0.1, -0.05) is 0 Å². The number of allylic oxidation sites excluding steroid dienone is 2. The van der Waals surface area contributed by atoms with E-state index in [1.54, 1.807) is 12.1 Å². The molecular formula is C12H15NO3. The number of rotatable bonds is 3. The Morgan fingerprint density at radius 3 is 1.75 bits per heavy atom. The van der Waals surface area contributed by atoms with Gasteiger partial charge in [-0.05, 0) is 36.4 Å². The lowest BCUT2D eigenvalue weighted by Crippen LogP contribution is -2.07. The van der Waals surface area contributed by atoms with Crippen molar-refractivity contribution in [2.45, 2.75) is 0 Å². The van der Waals surface area contributed by atoms with Crippen LogP contribution in [0.4, 0.5) is 5.69 Å². The minimum atomic E-state index is 0.311. The zero-order chi connectivity index (χ0) is 12.4. The van der Waals surface area contributed by atoms with Crippen molar-refractivity contribution in [1.82, 2.24) is 0 Å². The fraction of sp³-hybridized carbons (Fsp3) is 0.167. The highest BCUT2D eigenvalue weighted by Crippen LogP contribution is 2.15. The van der Waals surface area contributed by atoms with Crippen molar-refractivity contribution in [2.75, 3.05) is 19.0 Å². The number of aldehydes is 2. The zero-order valence-corrected chi connectivity index (χ0v) is 9.33. The summed E-state index contributed by atoms with van der Waals surface area (Å²) in [5.41, 5.74) is 1.10. The predicted molar refractivity (Wildman–Crippen MR) is 63.7 cm³/mol. The van der Waals surface area contributed by atoms with Crippen LogP contribution in [0.3, 0.4) is 0 Å². The van der Waals surface area contributed by atoms with E-state index in [1.165, 1.54) is 0 Å². The number of hydrogen-bond donors (Lipinski definition) is 1. The second-order valence-corrected chi connectivity index (χ2v) is 3.07. The number of phenolic OH excluding ortho intramolecular Hbond substituents is 1. The minimum Gasteiger partial charge on any atom is -0.508 e. The molecule has 0 aliphatic heterocycles. The van der Waals surface area contributed by atoms with Crippen LogP contribution in [-0.2, 0) is 9.59 Å². The van der Waals surface area contributed by atoms with Crippen molar-refractivity contribution in [2.24, 2.45) is 0 Å². The average molecular weight is 221 g/mol. The molecule has 0 aliphatic rings. The molecule has 1 aromatic carbocycles. The van der Waals surface area contributed by atoms with E-state index in [4.69, 9.17) is 5.11 Å². The molecule has 0 saturated carbocycles. The first-order valence-electron chi connectivity index (χ1n) is 4.63. The third kappa shape index (κ3) is 6.37. The summed E-state index contributed by atoms with van der Waals surface area (Å²) in [5, 5.41) is 8.92. The van der Waals surface area contributed by atoms with E-state index < -0.39 is 0 Å². The van der Waals surface area contributed by atoms with Gasteiger partial charge in [0, 0.05) is 19.8 Å². The maximum Gasteiger partial charge on any atom is 0.142 e. The molecule has 0 spiro atoms. The van der Waals surface area contributed by atoms with Crippen molar-refractivity contribution < 1.29 is 14.7 Å². The normalized spacial score (nSPS) is 9.12. The molecule has 0 heterocycles. The van der Waals surface area contributed by atoms with Crippen LogP contribution in [0.5, 0.6) is 5.75 Å². The van der Waals surface area contributed by atoms with E-state index in [9.17, 15) is 9.59 Å². The molecule has 0 atom stereocenters. The molecule has 4 nitrogen and oxygen atoms in total. The topological polar surface area (TPSA) is 57.6 Å². The second-order valence-electron chi connectivity index (χ2n) is 3.07. The fourth-order valence-corrected chi connectivity index (χ4v) is 0.841. The van der Waals surface area contributed by atoms with Crippen LogP contribution < -0.4 is 4.90 Å². The van der Waals surface area contributed by atoms with Gasteiger partial charge in [0.1, 0.15) is 18.3 Å². The zero-order valence-electron chi connectivity index (χ0n) is 9.33. The highest BCUT2D eigenvalue weighted by molar-refractivity contribution is 5.75. The smallest absolute Gasteiger partial charge is 0.142 e. The van der Waals surface area contributed by atoms with Gasteiger partial charge < -0.3 is 10.0 Å². The Bertz CT molecular complexity index is 332. The standard InChI is InChI=1S/C8H11NO.C4H4O2/c1-9(2)7-3-5-8(10)6-4-7;5-3-1-2-4-6/h3-6,10H,1-2H3;1-4H/b;2-1-. The number of anilines is 1. The summed E-state index contributed by atoms with van der Waals surface area (Å²) in [6, 6.07) is 7.09. The second kappa shape index (κ2) is 8.23. The lowest BCUT2D eigenvalue weighted by molar-refractivity contribution is -0.106. The van der Waals surface area contributed by atoms with Gasteiger partial charge in [-0.2, -0.15) is 0 Å². The van der Waals surface area contributed by atoms with Crippen LogP contribution in [0, 0.1) is 0 Å². The monoisotopic (exact) mass is 221 g/mol. The molecule has 1 rings (SSSR count). The van der Waals surface area contributed by atoms with E-state index in [0.717, 1.165) is 17.8 Å². The summed E-state index contributed by atoms with van der Waals surface area (Å²) in [6.45, 7) is 0. The van der Waals surface area contributed by atoms with Gasteiger partial charge in [0.25, 0.3) is 0 Å². The largest absolute Gasteiger partial charge is 0.508 e. The van der Waals surface area contributed by atoms with E-state index in [1.807, 2.05) is 31.1 Å². The fourth-order valence-electron chi connectivity index (χ4n) is 0.841. The maximum atomic E-state index is 9.32. The third-order valence-corrected chi connectivity index (χ3v) is 1.63. The lowest BCUT2D eigenvalue weighted by atomic mass is 10.3. The Labute approximate surface area is 94.8 Å². The highest BCUT2D eigenvalue weighted by Gasteiger charge is 1.92. The van der Waals surface area contributed by atoms with Crippen LogP contribution in [-0.4, -0.2) is 31.8 Å². The summed E-state index contributed by atoms with van der Waals surface area (Å²) in [6.07, 6.45) is 3.36. The molecule has 0 fully saturated rings. The molecular weight excluding hydrogens is 206 g/mol. The van der Waals surface area contributed by atoms with Gasteiger partial charge >= 0.3 is 0 Å². The first-order valence-corrected chi connectivity index (χ1v) is 4.63. The van der Waals surface area contributed by atoms with E-state index in [2.05, 4.69) is 0 Å². The van der Waals surface area contributed by atoms with Crippen LogP contribution >= 0.6 is 0 Å². The number of carbonyl (C=O) groups excluding carboxylic acids is 2. The van der Waals surface area contributed by atoms with E-state index in [0.29, 0.717) is 18.3 Å². The Hall–Kier alpha value is -2.10. The van der Waals surface area contributed by atoms with Crippen molar-refractivity contribution in [3.05, 3.63) is 36.4 Å². The molecule has 86 valence electrons. The lowest BCUT2D eigenvalue weighted by Gasteiger charge is -2.11. The quantitative estimate of drug-likeness (QED) is 0.619. The maximum absolute atomic E-state index is 9.32. The number of benzene rings is 1. The Balaban J connectivity index is 0.000000325. The molecule has 0 saturated heterocycles. The van der Waals surface area contributed by atoms with Crippen LogP contribution in [0.25, 0.3) is 0 Å². The van der Waals surface area contributed by atoms with Crippen LogP contribution in [0.15, 0.2) is 36.4 Å². The van der Waals surface area contributed by atoms with Gasteiger partial charge in [0.2, 0.25) is 0 Å². The SMILES string of the molecule is CN(C)c1ccc(O)cc1.O=C/C=C\C=O. The van der Waals surface area contributed by atoms with Crippen molar-refractivity contribution >= 4 is 18.3 Å². The summed E-state index contributed by atoms with van der Waals surface area (Å²) in [5.74, 6) is 0.311. The number of hydrogen-bond acceptors (Lipinski definition) is 4. The highest BCUT2D eigenvalue weighted by atomic mass is 16.3. The van der Waals surface area contributed by atoms with Crippen LogP contribution in [0.1, 0.15) is 0 Å². The molecule has 0 bridgehead atoms. The van der Waals surface area contributed by atoms with Gasteiger partial charge in [-0.15, -0.1) is 0 Å². The van der Waals surface area contributed by atoms with Gasteiger partial charge in [-0.3, -0.25) is 9.59 Å². The minimum absolute atomic E-state index is 0.311. The molecule has 0 radical (unpaired) electrons. The van der Waals surface area contributed by atoms with Crippen molar-refractivity contribution in [3.63, 3.8) is 0 Å². The Morgan fingerprint density at radius 2 is 1.44 bits per heavy atom. The molecule has 0 unspecified atom stereocenters. The number of nitrogens with zero attached hydrogens (tertiary/aromatic N) is 1. The summed E-state index contributed by atoms with van der Waals surface area (Å²) in [7, 11) is 3.93. The van der Waals surface area contributed by atoms with E-state index in [-0.39, 0.29) is 0 Å². The van der Waals surface area contributed by atoms with Gasteiger partial charge in [-0.25, -0.2) is 0 Å². The first kappa shape index (κ1) is 13.9. The summed E-state index contributed by atoms with van der Waals surface area (Å²) in [4.78, 5) is 20.6.